The molecular formula is C30H17ClF4N4O4. The van der Waals surface area contributed by atoms with Crippen LogP contribution < -0.4 is 21.5 Å². The van der Waals surface area contributed by atoms with Crippen molar-refractivity contribution >= 4 is 22.5 Å². The van der Waals surface area contributed by atoms with Crippen LogP contribution in [0.25, 0.3) is 22.0 Å². The average Bonchev–Trinajstić information content (AvgIpc) is 3.47. The summed E-state index contributed by atoms with van der Waals surface area (Å²) in [7, 11) is 0. The smallest absolute Gasteiger partial charge is 0.332 e. The van der Waals surface area contributed by atoms with E-state index in [9.17, 15) is 37.2 Å². The molecule has 6 rings (SSSR count). The van der Waals surface area contributed by atoms with E-state index in [0.29, 0.717) is 39.8 Å². The van der Waals surface area contributed by atoms with Crippen LogP contribution in [0.4, 0.5) is 17.6 Å². The van der Waals surface area contributed by atoms with E-state index in [0.717, 1.165) is 16.8 Å². The summed E-state index contributed by atoms with van der Waals surface area (Å²) in [5.74, 6) is -5.37. The van der Waals surface area contributed by atoms with Crippen molar-refractivity contribution in [3.8, 4) is 22.9 Å². The van der Waals surface area contributed by atoms with Crippen molar-refractivity contribution in [3.05, 3.63) is 130 Å². The number of nitrogens with zero attached hydrogens (tertiary/aromatic N) is 3. The molecule has 8 nitrogen and oxygen atoms in total. The number of hydrogen-bond donors (Lipinski definition) is 1. The Morgan fingerprint density at radius 2 is 1.70 bits per heavy atom. The molecule has 0 amide bonds. The Morgan fingerprint density at radius 3 is 2.42 bits per heavy atom. The molecule has 0 fully saturated rings. The molecule has 1 aliphatic rings. The number of aromatic nitrogens is 3. The molecule has 0 spiro atoms. The number of halogens is 5. The van der Waals surface area contributed by atoms with Crippen LogP contribution in [0.15, 0.2) is 63.0 Å². The van der Waals surface area contributed by atoms with E-state index in [1.54, 1.807) is 0 Å². The Labute approximate surface area is 243 Å². The molecule has 43 heavy (non-hydrogen) atoms. The van der Waals surface area contributed by atoms with Crippen LogP contribution >= 0.6 is 11.6 Å². The fourth-order valence-corrected chi connectivity index (χ4v) is 5.46. The van der Waals surface area contributed by atoms with Crippen LogP contribution in [-0.4, -0.2) is 20.7 Å². The predicted molar refractivity (Wildman–Crippen MR) is 148 cm³/mol. The molecule has 1 N–H and O–H groups in total. The Morgan fingerprint density at radius 1 is 0.953 bits per heavy atom. The maximum Gasteiger partial charge on any atom is 0.332 e. The molecule has 0 saturated carbocycles. The second-order valence-corrected chi connectivity index (χ2v) is 10.2. The number of rotatable bonds is 5. The molecule has 0 unspecified atom stereocenters. The number of fused-ring (bicyclic) bond motifs is 3. The highest BCUT2D eigenvalue weighted by Crippen LogP contribution is 2.42. The normalized spacial score (nSPS) is 12.3. The molecule has 0 radical (unpaired) electrons. The van der Waals surface area contributed by atoms with Gasteiger partial charge in [0, 0.05) is 34.3 Å². The molecule has 3 aromatic carbocycles. The van der Waals surface area contributed by atoms with Crippen LogP contribution in [0.5, 0.6) is 5.75 Å². The third-order valence-electron chi connectivity index (χ3n) is 7.22. The number of nitriles is 1. The molecule has 3 heterocycles. The van der Waals surface area contributed by atoms with Gasteiger partial charge in [0.1, 0.15) is 17.0 Å². The van der Waals surface area contributed by atoms with Crippen LogP contribution in [0, 0.1) is 34.6 Å². The van der Waals surface area contributed by atoms with Gasteiger partial charge in [-0.15, -0.1) is 0 Å². The van der Waals surface area contributed by atoms with Gasteiger partial charge in [-0.3, -0.25) is 18.7 Å². The van der Waals surface area contributed by atoms with Gasteiger partial charge >= 0.3 is 5.69 Å². The van der Waals surface area contributed by atoms with E-state index in [-0.39, 0.29) is 45.0 Å². The van der Waals surface area contributed by atoms with E-state index in [1.807, 2.05) is 6.07 Å². The van der Waals surface area contributed by atoms with E-state index >= 15 is 0 Å². The Bertz CT molecular complexity index is 2200. The number of pyridine rings is 1. The highest BCUT2D eigenvalue weighted by atomic mass is 35.5. The van der Waals surface area contributed by atoms with Gasteiger partial charge in [-0.1, -0.05) is 11.6 Å². The van der Waals surface area contributed by atoms with Gasteiger partial charge < -0.3 is 9.72 Å². The maximum absolute atomic E-state index is 14.2. The average molecular weight is 609 g/mol. The van der Waals surface area contributed by atoms with Gasteiger partial charge in [0.05, 0.1) is 36.8 Å². The first kappa shape index (κ1) is 28.0. The van der Waals surface area contributed by atoms with Crippen molar-refractivity contribution < 1.29 is 22.3 Å². The Hall–Kier alpha value is -5.15. The summed E-state index contributed by atoms with van der Waals surface area (Å²) in [5.41, 5.74) is -1.31. The van der Waals surface area contributed by atoms with Crippen LogP contribution in [-0.2, 0) is 19.5 Å². The van der Waals surface area contributed by atoms with Crippen molar-refractivity contribution in [2.24, 2.45) is 0 Å². The lowest BCUT2D eigenvalue weighted by Gasteiger charge is -2.18. The quantitative estimate of drug-likeness (QED) is 0.231. The van der Waals surface area contributed by atoms with Crippen molar-refractivity contribution in [2.45, 2.75) is 19.5 Å². The number of hydrogen-bond acceptors (Lipinski definition) is 5. The zero-order valence-corrected chi connectivity index (χ0v) is 22.6. The molecule has 0 aliphatic carbocycles. The maximum atomic E-state index is 14.2. The topological polar surface area (TPSA) is 110 Å². The first-order valence-corrected chi connectivity index (χ1v) is 13.1. The first-order valence-electron chi connectivity index (χ1n) is 12.7. The monoisotopic (exact) mass is 608 g/mol. The van der Waals surface area contributed by atoms with E-state index in [2.05, 4.69) is 4.98 Å². The first-order chi connectivity index (χ1) is 20.6. The molecular weight excluding hydrogens is 592 g/mol. The zero-order chi connectivity index (χ0) is 30.6. The number of benzene rings is 3. The summed E-state index contributed by atoms with van der Waals surface area (Å²) in [6.07, 6.45) is 1.16. The highest BCUT2D eigenvalue weighted by Gasteiger charge is 2.28. The van der Waals surface area contributed by atoms with E-state index < -0.39 is 53.2 Å². The van der Waals surface area contributed by atoms with Gasteiger partial charge in [-0.2, -0.15) is 5.26 Å². The highest BCUT2D eigenvalue weighted by molar-refractivity contribution is 6.33. The largest absolute Gasteiger partial charge is 0.492 e. The van der Waals surface area contributed by atoms with Crippen molar-refractivity contribution in [2.75, 3.05) is 6.61 Å². The van der Waals surface area contributed by atoms with Crippen molar-refractivity contribution in [1.82, 2.24) is 14.1 Å². The summed E-state index contributed by atoms with van der Waals surface area (Å²) in [6, 6.07) is 10.4. The molecule has 5 aromatic rings. The van der Waals surface area contributed by atoms with E-state index in [4.69, 9.17) is 16.3 Å². The van der Waals surface area contributed by atoms with Crippen LogP contribution in [0.2, 0.25) is 5.02 Å². The summed E-state index contributed by atoms with van der Waals surface area (Å²) in [4.78, 5) is 42.4. The summed E-state index contributed by atoms with van der Waals surface area (Å²) < 4.78 is 63.6. The van der Waals surface area contributed by atoms with Gasteiger partial charge in [0.25, 0.3) is 11.1 Å². The molecule has 216 valence electrons. The Kier molecular flexibility index (Phi) is 6.90. The standard InChI is InChI=1S/C30H17ClF4N4O4/c31-21-2-1-14(10-36)5-20(21)19-9-24-25(27-18(19)3-4-43-27)29(41)39(13-16-8-17(32)11-37-28(16)40)30(42)38(24)12-15-6-22(33)26(35)23(34)7-15/h1-2,5-9,11H,3-4,12-13H2,(H,37,40). The molecule has 0 atom stereocenters. The van der Waals surface area contributed by atoms with Gasteiger partial charge in [-0.05, 0) is 53.6 Å². The molecule has 0 saturated heterocycles. The van der Waals surface area contributed by atoms with Crippen molar-refractivity contribution in [3.63, 3.8) is 0 Å². The molecule has 0 bridgehead atoms. The van der Waals surface area contributed by atoms with Crippen LogP contribution in [0.3, 0.4) is 0 Å². The minimum Gasteiger partial charge on any atom is -0.492 e. The lowest BCUT2D eigenvalue weighted by molar-refractivity contribution is 0.359. The van der Waals surface area contributed by atoms with Gasteiger partial charge in [-0.25, -0.2) is 22.4 Å². The lowest BCUT2D eigenvalue weighted by atomic mass is 9.94. The SMILES string of the molecule is N#Cc1ccc(Cl)c(-c2cc3c(c4c2CCO4)c(=O)n(Cc2cc(F)c[nH]c2=O)c(=O)n3Cc2cc(F)c(F)c(F)c2)c1. The Balaban J connectivity index is 1.70. The minimum atomic E-state index is -1.70. The second-order valence-electron chi connectivity index (χ2n) is 9.84. The third kappa shape index (κ3) is 4.77. The summed E-state index contributed by atoms with van der Waals surface area (Å²) >= 11 is 6.50. The molecule has 2 aromatic heterocycles. The lowest BCUT2D eigenvalue weighted by Crippen LogP contribution is -2.41. The molecule has 1 aliphatic heterocycles. The molecule has 13 heteroatoms. The van der Waals surface area contributed by atoms with Crippen LogP contribution in [0.1, 0.15) is 22.3 Å². The third-order valence-corrected chi connectivity index (χ3v) is 7.55. The number of H-pyrrole nitrogens is 1. The summed E-state index contributed by atoms with van der Waals surface area (Å²) in [5, 5.41) is 9.64. The second kappa shape index (κ2) is 10.6. The predicted octanol–water partition coefficient (Wildman–Crippen LogP) is 4.63. The fraction of sp³-hybridized carbons (Fsp3) is 0.133. The zero-order valence-electron chi connectivity index (χ0n) is 21.8. The van der Waals surface area contributed by atoms with Gasteiger partial charge in [0.15, 0.2) is 17.5 Å². The minimum absolute atomic E-state index is 0.0152. The summed E-state index contributed by atoms with van der Waals surface area (Å²) in [6.45, 7) is -1.01. The van der Waals surface area contributed by atoms with E-state index in [1.165, 1.54) is 24.3 Å². The number of nitrogens with one attached hydrogen (secondary N) is 1. The van der Waals surface area contributed by atoms with Crippen molar-refractivity contribution in [1.29, 1.82) is 5.26 Å². The van der Waals surface area contributed by atoms with Gasteiger partial charge in [0.2, 0.25) is 0 Å². The fourth-order valence-electron chi connectivity index (χ4n) is 5.24. The number of ether oxygens (including phenoxy) is 1. The number of aromatic amines is 1.